The Hall–Kier alpha value is -1.34. The monoisotopic (exact) mass is 368 g/mol. The quantitative estimate of drug-likeness (QED) is 0.767. The van der Waals surface area contributed by atoms with Gasteiger partial charge in [-0.1, -0.05) is 52.8 Å². The second kappa shape index (κ2) is 7.61. The summed E-state index contributed by atoms with van der Waals surface area (Å²) in [5.74, 6) is 0.695. The third-order valence-electron chi connectivity index (χ3n) is 2.79. The van der Waals surface area contributed by atoms with E-state index in [0.717, 1.165) is 16.5 Å². The van der Waals surface area contributed by atoms with Gasteiger partial charge in [-0.15, -0.1) is 5.10 Å². The molecule has 112 valence electrons. The lowest BCUT2D eigenvalue weighted by Gasteiger charge is -2.08. The molecule has 0 spiro atoms. The topological polar surface area (TPSA) is 70.7 Å². The smallest absolute Gasteiger partial charge is 0.233 e. The summed E-state index contributed by atoms with van der Waals surface area (Å²) in [4.78, 5) is 16.3. The molecule has 1 atom stereocenters. The lowest BCUT2D eigenvalue weighted by Crippen LogP contribution is -2.31. The minimum absolute atomic E-state index is 0.00842. The number of nitrogens with one attached hydrogen (secondary N) is 2. The van der Waals surface area contributed by atoms with Crippen molar-refractivity contribution in [2.45, 2.75) is 30.7 Å². The molecule has 0 aliphatic carbocycles. The maximum Gasteiger partial charge on any atom is 0.233 e. The fourth-order valence-electron chi connectivity index (χ4n) is 1.68. The molecule has 1 aromatic heterocycles. The number of rotatable bonds is 6. The molecular weight excluding hydrogens is 352 g/mol. The van der Waals surface area contributed by atoms with E-state index in [-0.39, 0.29) is 11.2 Å². The minimum atomic E-state index is -0.223. The Morgan fingerprint density at radius 1 is 1.48 bits per heavy atom. The summed E-state index contributed by atoms with van der Waals surface area (Å²) in [6.45, 7) is 4.57. The van der Waals surface area contributed by atoms with Gasteiger partial charge in [0.25, 0.3) is 0 Å². The van der Waals surface area contributed by atoms with Crippen molar-refractivity contribution in [3.05, 3.63) is 28.7 Å². The van der Waals surface area contributed by atoms with E-state index in [1.54, 1.807) is 0 Å². The highest BCUT2D eigenvalue weighted by Crippen LogP contribution is 2.27. The van der Waals surface area contributed by atoms with Gasteiger partial charge in [-0.05, 0) is 19.4 Å². The molecule has 2 aromatic rings. The summed E-state index contributed by atoms with van der Waals surface area (Å²) in [5, 5.41) is 10.3. The molecule has 1 heterocycles. The average Bonchev–Trinajstić information content (AvgIpc) is 2.93. The van der Waals surface area contributed by atoms with Crippen LogP contribution in [0.2, 0.25) is 0 Å². The number of hydrogen-bond acceptors (Lipinski definition) is 4. The van der Waals surface area contributed by atoms with Crippen molar-refractivity contribution in [3.63, 3.8) is 0 Å². The molecule has 0 aliphatic rings. The first-order valence-corrected chi connectivity index (χ1v) is 8.40. The summed E-state index contributed by atoms with van der Waals surface area (Å²) in [6, 6.07) is 7.79. The fraction of sp³-hybridized carbons (Fsp3) is 0.357. The van der Waals surface area contributed by atoms with Gasteiger partial charge in [0.1, 0.15) is 0 Å². The molecule has 1 aromatic carbocycles. The van der Waals surface area contributed by atoms with Gasteiger partial charge < -0.3 is 5.32 Å². The summed E-state index contributed by atoms with van der Waals surface area (Å²) >= 11 is 4.83. The number of carbonyl (C=O) groups is 1. The third kappa shape index (κ3) is 4.31. The Balaban J connectivity index is 2.04. The highest BCUT2D eigenvalue weighted by Gasteiger charge is 2.17. The Labute approximate surface area is 136 Å². The first-order valence-electron chi connectivity index (χ1n) is 6.73. The number of amides is 1. The van der Waals surface area contributed by atoms with Crippen LogP contribution in [-0.2, 0) is 4.79 Å². The summed E-state index contributed by atoms with van der Waals surface area (Å²) in [6.07, 6.45) is 0.927. The van der Waals surface area contributed by atoms with Crippen LogP contribution in [0.5, 0.6) is 0 Å². The summed E-state index contributed by atoms with van der Waals surface area (Å²) < 4.78 is 0.950. The molecule has 0 saturated carbocycles. The zero-order chi connectivity index (χ0) is 15.2. The van der Waals surface area contributed by atoms with E-state index in [0.29, 0.717) is 17.5 Å². The van der Waals surface area contributed by atoms with Gasteiger partial charge in [-0.25, -0.2) is 4.98 Å². The normalized spacial score (nSPS) is 12.1. The van der Waals surface area contributed by atoms with Crippen LogP contribution in [0.25, 0.3) is 11.4 Å². The predicted octanol–water partition coefficient (Wildman–Crippen LogP) is 3.24. The number of H-pyrrole nitrogens is 1. The molecule has 0 unspecified atom stereocenters. The number of halogens is 1. The van der Waals surface area contributed by atoms with Gasteiger partial charge in [0, 0.05) is 16.6 Å². The lowest BCUT2D eigenvalue weighted by molar-refractivity contribution is -0.120. The Kier molecular flexibility index (Phi) is 5.81. The Morgan fingerprint density at radius 3 is 2.95 bits per heavy atom. The molecule has 21 heavy (non-hydrogen) atoms. The van der Waals surface area contributed by atoms with Gasteiger partial charge in [0.05, 0.1) is 5.25 Å². The van der Waals surface area contributed by atoms with Crippen molar-refractivity contribution in [1.29, 1.82) is 0 Å². The number of hydrogen-bond donors (Lipinski definition) is 2. The number of nitrogens with zero attached hydrogens (tertiary/aromatic N) is 2. The molecule has 0 fully saturated rings. The average molecular weight is 369 g/mol. The van der Waals surface area contributed by atoms with Crippen LogP contribution in [0.3, 0.4) is 0 Å². The molecular formula is C14H17BrN4OS. The standard InChI is InChI=1S/C14H17BrN4OS/c1-3-8-16-13(20)9(2)21-14-17-12(18-19-14)10-6-4-5-7-11(10)15/h4-7,9H,3,8H2,1-2H3,(H,16,20)(H,17,18,19)/t9-/m0/s1. The molecule has 0 saturated heterocycles. The first-order chi connectivity index (χ1) is 10.1. The van der Waals surface area contributed by atoms with Crippen LogP contribution < -0.4 is 5.32 Å². The van der Waals surface area contributed by atoms with Gasteiger partial charge in [-0.3, -0.25) is 9.89 Å². The number of benzene rings is 1. The van der Waals surface area contributed by atoms with Crippen molar-refractivity contribution < 1.29 is 4.79 Å². The molecule has 0 bridgehead atoms. The highest BCUT2D eigenvalue weighted by molar-refractivity contribution is 9.10. The van der Waals surface area contributed by atoms with Crippen LogP contribution in [-0.4, -0.2) is 32.9 Å². The van der Waals surface area contributed by atoms with Crippen molar-refractivity contribution in [3.8, 4) is 11.4 Å². The maximum atomic E-state index is 11.8. The van der Waals surface area contributed by atoms with Crippen molar-refractivity contribution >= 4 is 33.6 Å². The highest BCUT2D eigenvalue weighted by atomic mass is 79.9. The van der Waals surface area contributed by atoms with Crippen molar-refractivity contribution in [1.82, 2.24) is 20.5 Å². The summed E-state index contributed by atoms with van der Waals surface area (Å²) in [7, 11) is 0. The molecule has 0 radical (unpaired) electrons. The Morgan fingerprint density at radius 2 is 2.24 bits per heavy atom. The number of aromatic amines is 1. The molecule has 7 heteroatoms. The third-order valence-corrected chi connectivity index (χ3v) is 4.45. The summed E-state index contributed by atoms with van der Waals surface area (Å²) in [5.41, 5.74) is 0.944. The zero-order valence-electron chi connectivity index (χ0n) is 11.9. The van der Waals surface area contributed by atoms with Crippen molar-refractivity contribution in [2.24, 2.45) is 0 Å². The predicted molar refractivity (Wildman–Crippen MR) is 88.1 cm³/mol. The molecule has 0 aliphatic heterocycles. The molecule has 2 rings (SSSR count). The second-order valence-electron chi connectivity index (χ2n) is 4.50. The van der Waals surface area contributed by atoms with E-state index in [1.165, 1.54) is 11.8 Å². The van der Waals surface area contributed by atoms with Crippen LogP contribution in [0.1, 0.15) is 20.3 Å². The largest absolute Gasteiger partial charge is 0.355 e. The minimum Gasteiger partial charge on any atom is -0.355 e. The zero-order valence-corrected chi connectivity index (χ0v) is 14.3. The number of aromatic nitrogens is 3. The van der Waals surface area contributed by atoms with Gasteiger partial charge in [-0.2, -0.15) is 0 Å². The van der Waals surface area contributed by atoms with E-state index in [9.17, 15) is 4.79 Å². The molecule has 2 N–H and O–H groups in total. The van der Waals surface area contributed by atoms with Gasteiger partial charge in [0.15, 0.2) is 5.82 Å². The van der Waals surface area contributed by atoms with E-state index >= 15 is 0 Å². The van der Waals surface area contributed by atoms with E-state index in [2.05, 4.69) is 36.4 Å². The SMILES string of the molecule is CCCNC(=O)[C@H](C)Sc1n[nH]c(-c2ccccc2Br)n1. The van der Waals surface area contributed by atoms with E-state index < -0.39 is 0 Å². The van der Waals surface area contributed by atoms with E-state index in [1.807, 2.05) is 38.1 Å². The van der Waals surface area contributed by atoms with Crippen molar-refractivity contribution in [2.75, 3.05) is 6.54 Å². The van der Waals surface area contributed by atoms with Gasteiger partial charge in [0.2, 0.25) is 11.1 Å². The maximum absolute atomic E-state index is 11.8. The van der Waals surface area contributed by atoms with Gasteiger partial charge >= 0.3 is 0 Å². The van der Waals surface area contributed by atoms with Crippen LogP contribution in [0.15, 0.2) is 33.9 Å². The first kappa shape index (κ1) is 16.0. The second-order valence-corrected chi connectivity index (χ2v) is 6.66. The van der Waals surface area contributed by atoms with E-state index in [4.69, 9.17) is 0 Å². The van der Waals surface area contributed by atoms with Crippen LogP contribution in [0, 0.1) is 0 Å². The number of thioether (sulfide) groups is 1. The molecule has 5 nitrogen and oxygen atoms in total. The number of carbonyl (C=O) groups excluding carboxylic acids is 1. The lowest BCUT2D eigenvalue weighted by atomic mass is 10.2. The van der Waals surface area contributed by atoms with Crippen LogP contribution in [0.4, 0.5) is 0 Å². The Bertz CT molecular complexity index is 617. The van der Waals surface area contributed by atoms with Crippen LogP contribution >= 0.6 is 27.7 Å². The molecule has 1 amide bonds. The fourth-order valence-corrected chi connectivity index (χ4v) is 2.90.